The Hall–Kier alpha value is -4.34. The average Bonchev–Trinajstić information content (AvgIpc) is 2.92. The summed E-state index contributed by atoms with van der Waals surface area (Å²) in [4.78, 5) is 30.8. The van der Waals surface area contributed by atoms with Crippen molar-refractivity contribution in [2.75, 3.05) is 19.3 Å². The quantitative estimate of drug-likeness (QED) is 0.219. The summed E-state index contributed by atoms with van der Waals surface area (Å²) in [5, 5.41) is 14.6. The Morgan fingerprint density at radius 3 is 2.12 bits per heavy atom. The van der Waals surface area contributed by atoms with Gasteiger partial charge < -0.3 is 15.7 Å². The van der Waals surface area contributed by atoms with E-state index in [0.29, 0.717) is 37.2 Å². The van der Waals surface area contributed by atoms with Gasteiger partial charge in [0.2, 0.25) is 0 Å². The van der Waals surface area contributed by atoms with Crippen LogP contribution < -0.4 is 11.3 Å². The van der Waals surface area contributed by atoms with Crippen molar-refractivity contribution in [2.24, 2.45) is 0 Å². The van der Waals surface area contributed by atoms with Gasteiger partial charge in [-0.05, 0) is 36.4 Å². The zero-order valence-corrected chi connectivity index (χ0v) is 23.6. The maximum Gasteiger partial charge on any atom is 0.423 e. The SMILES string of the molecule is CC.CCCC(O)CN(C)/C=C\c1cc(-c2ncc(C(F)(F)F)cn2)c(F)cc1C=O.Nc1cn[nH]c(=O)c1C(F)(F)F. The van der Waals surface area contributed by atoms with Crippen LogP contribution in [0.1, 0.15) is 60.7 Å². The highest BCUT2D eigenvalue weighted by molar-refractivity contribution is 5.84. The van der Waals surface area contributed by atoms with E-state index < -0.39 is 46.6 Å². The van der Waals surface area contributed by atoms with E-state index in [0.717, 1.165) is 18.7 Å². The van der Waals surface area contributed by atoms with Crippen LogP contribution in [0.2, 0.25) is 0 Å². The molecule has 4 N–H and O–H groups in total. The van der Waals surface area contributed by atoms with Gasteiger partial charge in [0, 0.05) is 31.5 Å². The first-order valence-electron chi connectivity index (χ1n) is 12.7. The van der Waals surface area contributed by atoms with Crippen molar-refractivity contribution in [3.63, 3.8) is 0 Å². The van der Waals surface area contributed by atoms with E-state index in [9.17, 15) is 45.4 Å². The lowest BCUT2D eigenvalue weighted by atomic mass is 10.0. The molecule has 0 aliphatic carbocycles. The van der Waals surface area contributed by atoms with Gasteiger partial charge in [-0.25, -0.2) is 19.5 Å². The van der Waals surface area contributed by atoms with Gasteiger partial charge in [0.05, 0.1) is 29.1 Å². The number of hydrogen-bond donors (Lipinski definition) is 3. The van der Waals surface area contributed by atoms with E-state index in [1.165, 1.54) is 6.07 Å². The van der Waals surface area contributed by atoms with Crippen molar-refractivity contribution in [3.8, 4) is 11.4 Å². The molecule has 2 heterocycles. The number of nitrogen functional groups attached to an aromatic ring is 1. The number of alkyl halides is 6. The van der Waals surface area contributed by atoms with Gasteiger partial charge in [0.25, 0.3) is 5.56 Å². The summed E-state index contributed by atoms with van der Waals surface area (Å²) in [5.74, 6) is -1.05. The molecule has 43 heavy (non-hydrogen) atoms. The number of aldehydes is 1. The van der Waals surface area contributed by atoms with Crippen LogP contribution in [0.5, 0.6) is 0 Å². The van der Waals surface area contributed by atoms with Crippen LogP contribution in [0.4, 0.5) is 36.4 Å². The van der Waals surface area contributed by atoms with Gasteiger partial charge >= 0.3 is 12.4 Å². The molecule has 16 heteroatoms. The maximum atomic E-state index is 14.4. The minimum absolute atomic E-state index is 0.0666. The molecule has 0 aliphatic rings. The van der Waals surface area contributed by atoms with Crippen molar-refractivity contribution >= 4 is 18.0 Å². The predicted molar refractivity (Wildman–Crippen MR) is 146 cm³/mol. The molecule has 1 atom stereocenters. The molecule has 3 rings (SSSR count). The Kier molecular flexibility index (Phi) is 13.9. The Morgan fingerprint density at radius 1 is 1.05 bits per heavy atom. The first kappa shape index (κ1) is 36.7. The van der Waals surface area contributed by atoms with Crippen molar-refractivity contribution in [3.05, 3.63) is 75.3 Å². The number of benzene rings is 1. The van der Waals surface area contributed by atoms with Gasteiger partial charge in [-0.2, -0.15) is 31.4 Å². The fourth-order valence-corrected chi connectivity index (χ4v) is 3.37. The number of aromatic nitrogens is 4. The number of nitrogens with two attached hydrogens (primary N) is 1. The third-order valence-electron chi connectivity index (χ3n) is 5.32. The number of hydrogen-bond acceptors (Lipinski definition) is 8. The smallest absolute Gasteiger partial charge is 0.397 e. The van der Waals surface area contributed by atoms with Gasteiger partial charge in [0.15, 0.2) is 12.1 Å². The summed E-state index contributed by atoms with van der Waals surface area (Å²) in [5.41, 5.74) is 0.735. The number of rotatable bonds is 8. The molecule has 0 bridgehead atoms. The fourth-order valence-electron chi connectivity index (χ4n) is 3.37. The summed E-state index contributed by atoms with van der Waals surface area (Å²) in [6, 6.07) is 2.28. The third-order valence-corrected chi connectivity index (χ3v) is 5.32. The second kappa shape index (κ2) is 16.3. The van der Waals surface area contributed by atoms with Crippen LogP contribution in [0.15, 0.2) is 41.7 Å². The number of halogens is 7. The fraction of sp³-hybridized carbons (Fsp3) is 0.370. The first-order chi connectivity index (χ1) is 20.1. The predicted octanol–water partition coefficient (Wildman–Crippen LogP) is 5.57. The molecule has 0 spiro atoms. The zero-order valence-electron chi connectivity index (χ0n) is 23.6. The molecule has 0 radical (unpaired) electrons. The zero-order chi connectivity index (χ0) is 33.0. The van der Waals surface area contributed by atoms with Crippen molar-refractivity contribution < 1.29 is 40.6 Å². The summed E-state index contributed by atoms with van der Waals surface area (Å²) in [7, 11) is 1.74. The van der Waals surface area contributed by atoms with Crippen molar-refractivity contribution in [1.82, 2.24) is 25.1 Å². The highest BCUT2D eigenvalue weighted by Crippen LogP contribution is 2.30. The molecule has 0 saturated carbocycles. The van der Waals surface area contributed by atoms with Gasteiger partial charge in [-0.15, -0.1) is 0 Å². The number of H-pyrrole nitrogens is 1. The second-order valence-electron chi connectivity index (χ2n) is 8.60. The number of aliphatic hydroxyl groups is 1. The lowest BCUT2D eigenvalue weighted by Gasteiger charge is -2.18. The minimum atomic E-state index is -4.74. The number of anilines is 1. The van der Waals surface area contributed by atoms with Crippen LogP contribution in [0.25, 0.3) is 17.5 Å². The van der Waals surface area contributed by atoms with Crippen LogP contribution in [0.3, 0.4) is 0 Å². The Bertz CT molecular complexity index is 1410. The largest absolute Gasteiger partial charge is 0.423 e. The molecule has 1 aromatic carbocycles. The van der Waals surface area contributed by atoms with Crippen LogP contribution >= 0.6 is 0 Å². The molecule has 236 valence electrons. The van der Waals surface area contributed by atoms with Gasteiger partial charge in [-0.1, -0.05) is 27.2 Å². The average molecular weight is 621 g/mol. The normalized spacial score (nSPS) is 12.1. The molecule has 9 nitrogen and oxygen atoms in total. The Balaban J connectivity index is 0.000000549. The van der Waals surface area contributed by atoms with Crippen LogP contribution in [-0.2, 0) is 12.4 Å². The van der Waals surface area contributed by atoms with Crippen LogP contribution in [-0.4, -0.2) is 56.2 Å². The molecule has 3 aromatic rings. The summed E-state index contributed by atoms with van der Waals surface area (Å²) in [6.45, 7) is 6.33. The van der Waals surface area contributed by atoms with E-state index in [1.807, 2.05) is 20.8 Å². The topological polar surface area (TPSA) is 138 Å². The van der Waals surface area contributed by atoms with Gasteiger partial charge in [0.1, 0.15) is 11.4 Å². The maximum absolute atomic E-state index is 14.4. The number of nitrogens with one attached hydrogen (secondary N) is 1. The van der Waals surface area contributed by atoms with E-state index in [4.69, 9.17) is 5.73 Å². The molecule has 0 aliphatic heterocycles. The molecule has 0 saturated heterocycles. The van der Waals surface area contributed by atoms with Crippen molar-refractivity contribution in [1.29, 1.82) is 0 Å². The van der Waals surface area contributed by atoms with Crippen LogP contribution in [0, 0.1) is 5.82 Å². The van der Waals surface area contributed by atoms with Gasteiger partial charge in [-0.3, -0.25) is 9.59 Å². The monoisotopic (exact) mass is 620 g/mol. The molecular weight excluding hydrogens is 589 g/mol. The lowest BCUT2D eigenvalue weighted by Crippen LogP contribution is -2.24. The van der Waals surface area contributed by atoms with E-state index in [-0.39, 0.29) is 17.0 Å². The first-order valence-corrected chi connectivity index (χ1v) is 12.7. The minimum Gasteiger partial charge on any atom is -0.397 e. The van der Waals surface area contributed by atoms with E-state index in [2.05, 4.69) is 15.1 Å². The lowest BCUT2D eigenvalue weighted by molar-refractivity contribution is -0.138. The summed E-state index contributed by atoms with van der Waals surface area (Å²) < 4.78 is 88.3. The Labute approximate surface area is 242 Å². The van der Waals surface area contributed by atoms with Crippen molar-refractivity contribution in [2.45, 2.75) is 52.1 Å². The number of aliphatic hydroxyl groups excluding tert-OH is 1. The standard InChI is InChI=1S/C20H21F4N3O2.C5H4F3N3O.C2H6/c1-3-4-16(29)11-27(2)6-5-13-7-17(18(21)8-14(13)12-28)19-25-9-15(10-26-19)20(22,23)24;6-5(7,8)3-2(9)1-10-11-4(3)12;1-2/h5-10,12,16,29H,3-4,11H2,1-2H3;1H,(H3,9,11,12);1-2H3/b6-5-;;. The number of carbonyl (C=O) groups is 1. The molecule has 0 amide bonds. The highest BCUT2D eigenvalue weighted by Gasteiger charge is 2.36. The van der Waals surface area contributed by atoms with E-state index >= 15 is 0 Å². The van der Waals surface area contributed by atoms with E-state index in [1.54, 1.807) is 29.3 Å². The summed E-state index contributed by atoms with van der Waals surface area (Å²) in [6.07, 6.45) is -2.82. The highest BCUT2D eigenvalue weighted by atomic mass is 19.4. The molecule has 0 fully saturated rings. The number of likely N-dealkylation sites (N-methyl/N-ethyl adjacent to an activating group) is 1. The third kappa shape index (κ3) is 11.1. The number of aromatic amines is 1. The summed E-state index contributed by atoms with van der Waals surface area (Å²) >= 11 is 0. The molecular formula is C27H31F7N6O3. The number of nitrogens with zero attached hydrogens (tertiary/aromatic N) is 4. The molecule has 2 aromatic heterocycles. The second-order valence-corrected chi connectivity index (χ2v) is 8.60. The Morgan fingerprint density at radius 2 is 1.65 bits per heavy atom. The molecule has 1 unspecified atom stereocenters. The number of carbonyl (C=O) groups excluding carboxylic acids is 1.